The Morgan fingerprint density at radius 1 is 1.17 bits per heavy atom. The minimum atomic E-state index is -0.448. The van der Waals surface area contributed by atoms with Crippen molar-refractivity contribution in [3.63, 3.8) is 0 Å². The molecule has 18 heavy (non-hydrogen) atoms. The van der Waals surface area contributed by atoms with Gasteiger partial charge in [0, 0.05) is 38.8 Å². The second-order valence-electron chi connectivity index (χ2n) is 5.96. The highest BCUT2D eigenvalue weighted by Crippen LogP contribution is 2.30. The van der Waals surface area contributed by atoms with Crippen LogP contribution in [0.5, 0.6) is 0 Å². The number of aliphatic hydroxyl groups is 1. The summed E-state index contributed by atoms with van der Waals surface area (Å²) in [4.78, 5) is 5.17. The smallest absolute Gasteiger partial charge is 0.0772 e. The van der Waals surface area contributed by atoms with Gasteiger partial charge in [0.05, 0.1) is 5.60 Å². The van der Waals surface area contributed by atoms with Crippen molar-refractivity contribution in [3.8, 4) is 0 Å². The molecule has 1 aliphatic heterocycles. The van der Waals surface area contributed by atoms with Crippen LogP contribution in [0.4, 0.5) is 0 Å². The molecule has 0 aromatic rings. The van der Waals surface area contributed by atoms with E-state index in [4.69, 9.17) is 0 Å². The van der Waals surface area contributed by atoms with Crippen LogP contribution in [0.3, 0.4) is 0 Å². The Morgan fingerprint density at radius 3 is 2.28 bits per heavy atom. The van der Waals surface area contributed by atoms with Crippen molar-refractivity contribution in [3.05, 3.63) is 0 Å². The van der Waals surface area contributed by atoms with Crippen molar-refractivity contribution >= 4 is 0 Å². The van der Waals surface area contributed by atoms with Crippen molar-refractivity contribution in [2.75, 3.05) is 46.3 Å². The Bertz CT molecular complexity index is 243. The van der Waals surface area contributed by atoms with E-state index in [1.54, 1.807) is 0 Å². The van der Waals surface area contributed by atoms with E-state index in [-0.39, 0.29) is 0 Å². The highest BCUT2D eigenvalue weighted by molar-refractivity contribution is 4.91. The Morgan fingerprint density at radius 2 is 1.78 bits per heavy atom. The van der Waals surface area contributed by atoms with Gasteiger partial charge in [0.15, 0.2) is 0 Å². The highest BCUT2D eigenvalue weighted by Gasteiger charge is 2.35. The van der Waals surface area contributed by atoms with Crippen LogP contribution in [0.1, 0.15) is 32.6 Å². The molecule has 0 aromatic carbocycles. The Kier molecular flexibility index (Phi) is 5.01. The summed E-state index contributed by atoms with van der Waals surface area (Å²) in [5.74, 6) is 0. The standard InChI is InChI=1S/C14H29N3O/c1-3-16-8-10-17(11-9-16)13-4-6-14(18,7-5-13)12-15-2/h13,15,18H,3-12H2,1-2H3. The largest absolute Gasteiger partial charge is 0.389 e. The van der Waals surface area contributed by atoms with Crippen LogP contribution >= 0.6 is 0 Å². The molecule has 0 amide bonds. The van der Waals surface area contributed by atoms with E-state index >= 15 is 0 Å². The summed E-state index contributed by atoms with van der Waals surface area (Å²) in [6, 6.07) is 0.709. The first-order chi connectivity index (χ1) is 8.67. The third kappa shape index (κ3) is 3.44. The molecule has 0 atom stereocenters. The Labute approximate surface area is 111 Å². The number of likely N-dealkylation sites (N-methyl/N-ethyl adjacent to an activating group) is 2. The molecule has 4 heteroatoms. The van der Waals surface area contributed by atoms with Gasteiger partial charge in [0.2, 0.25) is 0 Å². The molecule has 0 radical (unpaired) electrons. The summed E-state index contributed by atoms with van der Waals surface area (Å²) in [5.41, 5.74) is -0.448. The molecule has 2 fully saturated rings. The van der Waals surface area contributed by atoms with E-state index < -0.39 is 5.60 Å². The minimum Gasteiger partial charge on any atom is -0.389 e. The van der Waals surface area contributed by atoms with Gasteiger partial charge in [-0.25, -0.2) is 0 Å². The molecular weight excluding hydrogens is 226 g/mol. The maximum Gasteiger partial charge on any atom is 0.0772 e. The zero-order valence-electron chi connectivity index (χ0n) is 12.0. The summed E-state index contributed by atoms with van der Waals surface area (Å²) in [7, 11) is 1.92. The average Bonchev–Trinajstić information content (AvgIpc) is 2.40. The number of rotatable bonds is 4. The molecule has 1 saturated heterocycles. The van der Waals surface area contributed by atoms with Gasteiger partial charge in [0.1, 0.15) is 0 Å². The number of hydrogen-bond acceptors (Lipinski definition) is 4. The summed E-state index contributed by atoms with van der Waals surface area (Å²) in [5, 5.41) is 13.5. The average molecular weight is 255 g/mol. The van der Waals surface area contributed by atoms with Crippen molar-refractivity contribution in [2.24, 2.45) is 0 Å². The van der Waals surface area contributed by atoms with Crippen LogP contribution in [0.25, 0.3) is 0 Å². The quantitative estimate of drug-likeness (QED) is 0.768. The lowest BCUT2D eigenvalue weighted by Crippen LogP contribution is -2.53. The lowest BCUT2D eigenvalue weighted by Gasteiger charge is -2.44. The Balaban J connectivity index is 1.76. The molecule has 0 bridgehead atoms. The summed E-state index contributed by atoms with van der Waals surface area (Å²) >= 11 is 0. The third-order valence-corrected chi connectivity index (χ3v) is 4.76. The SMILES string of the molecule is CCN1CCN(C2CCC(O)(CNC)CC2)CC1. The topological polar surface area (TPSA) is 38.7 Å². The van der Waals surface area contributed by atoms with Gasteiger partial charge < -0.3 is 15.3 Å². The molecule has 2 aliphatic rings. The van der Waals surface area contributed by atoms with Gasteiger partial charge in [-0.3, -0.25) is 4.90 Å². The second-order valence-corrected chi connectivity index (χ2v) is 5.96. The molecule has 106 valence electrons. The van der Waals surface area contributed by atoms with Crippen LogP contribution in [0, 0.1) is 0 Å². The van der Waals surface area contributed by atoms with Crippen molar-refractivity contribution in [1.82, 2.24) is 15.1 Å². The normalized spacial score (nSPS) is 35.8. The zero-order valence-corrected chi connectivity index (χ0v) is 12.0. The number of piperazine rings is 1. The van der Waals surface area contributed by atoms with Gasteiger partial charge in [-0.05, 0) is 39.3 Å². The van der Waals surface area contributed by atoms with Crippen LogP contribution in [-0.2, 0) is 0 Å². The second kappa shape index (κ2) is 6.33. The van der Waals surface area contributed by atoms with Crippen LogP contribution < -0.4 is 5.32 Å². The van der Waals surface area contributed by atoms with Gasteiger partial charge in [-0.15, -0.1) is 0 Å². The van der Waals surface area contributed by atoms with Crippen molar-refractivity contribution in [2.45, 2.75) is 44.2 Å². The first-order valence-corrected chi connectivity index (χ1v) is 7.50. The highest BCUT2D eigenvalue weighted by atomic mass is 16.3. The zero-order chi connectivity index (χ0) is 13.0. The molecule has 4 nitrogen and oxygen atoms in total. The monoisotopic (exact) mass is 255 g/mol. The summed E-state index contributed by atoms with van der Waals surface area (Å²) < 4.78 is 0. The maximum atomic E-state index is 10.4. The van der Waals surface area contributed by atoms with E-state index in [0.717, 1.165) is 32.2 Å². The fraction of sp³-hybridized carbons (Fsp3) is 1.00. The van der Waals surface area contributed by atoms with Crippen LogP contribution in [0.15, 0.2) is 0 Å². The lowest BCUT2D eigenvalue weighted by molar-refractivity contribution is -0.0247. The van der Waals surface area contributed by atoms with E-state index in [0.29, 0.717) is 6.04 Å². The molecule has 0 unspecified atom stereocenters. The summed E-state index contributed by atoms with van der Waals surface area (Å²) in [6.45, 7) is 9.02. The fourth-order valence-corrected chi connectivity index (χ4v) is 3.46. The summed E-state index contributed by atoms with van der Waals surface area (Å²) in [6.07, 6.45) is 4.22. The molecule has 0 spiro atoms. The van der Waals surface area contributed by atoms with Crippen molar-refractivity contribution in [1.29, 1.82) is 0 Å². The van der Waals surface area contributed by atoms with Gasteiger partial charge in [-0.1, -0.05) is 6.92 Å². The third-order valence-electron chi connectivity index (χ3n) is 4.76. The first kappa shape index (κ1) is 14.3. The van der Waals surface area contributed by atoms with E-state index in [1.165, 1.54) is 32.7 Å². The number of nitrogens with zero attached hydrogens (tertiary/aromatic N) is 2. The van der Waals surface area contributed by atoms with Gasteiger partial charge >= 0.3 is 0 Å². The molecule has 2 rings (SSSR count). The van der Waals surface area contributed by atoms with Crippen molar-refractivity contribution < 1.29 is 5.11 Å². The molecule has 1 saturated carbocycles. The van der Waals surface area contributed by atoms with E-state index in [9.17, 15) is 5.11 Å². The molecule has 1 aliphatic carbocycles. The Hall–Kier alpha value is -0.160. The molecule has 0 aromatic heterocycles. The molecule has 2 N–H and O–H groups in total. The number of nitrogens with one attached hydrogen (secondary N) is 1. The first-order valence-electron chi connectivity index (χ1n) is 7.50. The van der Waals surface area contributed by atoms with Gasteiger partial charge in [-0.2, -0.15) is 0 Å². The van der Waals surface area contributed by atoms with Crippen LogP contribution in [-0.4, -0.2) is 72.9 Å². The lowest BCUT2D eigenvalue weighted by atomic mass is 9.81. The number of hydrogen-bond donors (Lipinski definition) is 2. The van der Waals surface area contributed by atoms with Gasteiger partial charge in [0.25, 0.3) is 0 Å². The predicted octanol–water partition coefficient (Wildman–Crippen LogP) is 0.517. The van der Waals surface area contributed by atoms with E-state index in [1.807, 2.05) is 7.05 Å². The molecular formula is C14H29N3O. The minimum absolute atomic E-state index is 0.448. The van der Waals surface area contributed by atoms with Crippen LogP contribution in [0.2, 0.25) is 0 Å². The molecule has 1 heterocycles. The predicted molar refractivity (Wildman–Crippen MR) is 74.8 cm³/mol. The maximum absolute atomic E-state index is 10.4. The van der Waals surface area contributed by atoms with E-state index in [2.05, 4.69) is 22.0 Å². The fourth-order valence-electron chi connectivity index (χ4n) is 3.46.